The molecule has 1 aliphatic rings. The van der Waals surface area contributed by atoms with Gasteiger partial charge in [-0.25, -0.2) is 0 Å². The van der Waals surface area contributed by atoms with E-state index in [1.54, 1.807) is 6.20 Å². The first-order valence-corrected chi connectivity index (χ1v) is 4.49. The third-order valence-corrected chi connectivity index (χ3v) is 2.33. The number of nitrogens with one attached hydrogen (secondary N) is 1. The molecule has 2 rings (SSSR count). The van der Waals surface area contributed by atoms with E-state index in [4.69, 9.17) is 5.26 Å². The Morgan fingerprint density at radius 2 is 2.46 bits per heavy atom. The Bertz CT molecular complexity index is 317. The van der Waals surface area contributed by atoms with E-state index in [1.807, 2.05) is 12.1 Å². The van der Waals surface area contributed by atoms with Crippen LogP contribution in [-0.4, -0.2) is 11.5 Å². The number of nitriles is 1. The lowest BCUT2D eigenvalue weighted by molar-refractivity contribution is 0.628. The van der Waals surface area contributed by atoms with Crippen LogP contribution < -0.4 is 5.32 Å². The van der Waals surface area contributed by atoms with Crippen LogP contribution in [0.2, 0.25) is 0 Å². The lowest BCUT2D eigenvalue weighted by Gasteiger charge is -2.08. The normalized spacial score (nSPS) is 21.3. The molecule has 66 valence electrons. The van der Waals surface area contributed by atoms with Gasteiger partial charge < -0.3 is 5.32 Å². The second kappa shape index (κ2) is 3.55. The quantitative estimate of drug-likeness (QED) is 0.698. The molecule has 2 heterocycles. The van der Waals surface area contributed by atoms with Crippen LogP contribution >= 0.6 is 0 Å². The molecule has 1 aromatic rings. The maximum Gasteiger partial charge on any atom is 0.101 e. The Balaban J connectivity index is 2.18. The summed E-state index contributed by atoms with van der Waals surface area (Å²) < 4.78 is 0. The van der Waals surface area contributed by atoms with Crippen molar-refractivity contribution in [2.45, 2.75) is 18.9 Å². The molecule has 1 saturated heterocycles. The van der Waals surface area contributed by atoms with E-state index in [9.17, 15) is 0 Å². The lowest BCUT2D eigenvalue weighted by Crippen LogP contribution is -2.13. The van der Waals surface area contributed by atoms with Crippen LogP contribution in [0.15, 0.2) is 18.3 Å². The Morgan fingerprint density at radius 3 is 3.00 bits per heavy atom. The SMILES string of the molecule is N#Cc1ccc([C@H]2CCCN2)nc1. The molecule has 0 aromatic carbocycles. The van der Waals surface area contributed by atoms with Crippen LogP contribution in [0.3, 0.4) is 0 Å². The summed E-state index contributed by atoms with van der Waals surface area (Å²) in [5.74, 6) is 0. The maximum absolute atomic E-state index is 8.59. The van der Waals surface area contributed by atoms with E-state index in [0.29, 0.717) is 11.6 Å². The second-order valence-electron chi connectivity index (χ2n) is 3.23. The van der Waals surface area contributed by atoms with E-state index in [-0.39, 0.29) is 0 Å². The van der Waals surface area contributed by atoms with Gasteiger partial charge in [-0.1, -0.05) is 0 Å². The van der Waals surface area contributed by atoms with Gasteiger partial charge in [-0.05, 0) is 31.5 Å². The summed E-state index contributed by atoms with van der Waals surface area (Å²) in [7, 11) is 0. The molecule has 0 aliphatic carbocycles. The van der Waals surface area contributed by atoms with Gasteiger partial charge in [0.25, 0.3) is 0 Å². The van der Waals surface area contributed by atoms with Crippen LogP contribution in [0.25, 0.3) is 0 Å². The summed E-state index contributed by atoms with van der Waals surface area (Å²) in [6.45, 7) is 1.08. The highest BCUT2D eigenvalue weighted by molar-refractivity contribution is 5.27. The zero-order chi connectivity index (χ0) is 9.10. The number of pyridine rings is 1. The van der Waals surface area contributed by atoms with E-state index in [2.05, 4.69) is 16.4 Å². The van der Waals surface area contributed by atoms with Crippen molar-refractivity contribution < 1.29 is 0 Å². The van der Waals surface area contributed by atoms with Crippen molar-refractivity contribution >= 4 is 0 Å². The first-order chi connectivity index (χ1) is 6.40. The van der Waals surface area contributed by atoms with Gasteiger partial charge in [0.2, 0.25) is 0 Å². The third-order valence-electron chi connectivity index (χ3n) is 2.33. The molecule has 1 atom stereocenters. The molecule has 0 bridgehead atoms. The van der Waals surface area contributed by atoms with Gasteiger partial charge in [0.1, 0.15) is 6.07 Å². The minimum Gasteiger partial charge on any atom is -0.309 e. The molecular formula is C10H11N3. The highest BCUT2D eigenvalue weighted by Gasteiger charge is 2.16. The maximum atomic E-state index is 8.59. The summed E-state index contributed by atoms with van der Waals surface area (Å²) in [6, 6.07) is 6.21. The molecule has 0 amide bonds. The van der Waals surface area contributed by atoms with E-state index in [0.717, 1.165) is 18.7 Å². The fourth-order valence-electron chi connectivity index (χ4n) is 1.61. The molecule has 1 N–H and O–H groups in total. The molecule has 3 heteroatoms. The van der Waals surface area contributed by atoms with Gasteiger partial charge in [0.05, 0.1) is 11.3 Å². The Labute approximate surface area is 77.4 Å². The molecule has 1 aromatic heterocycles. The predicted octanol–water partition coefficient (Wildman–Crippen LogP) is 1.38. The van der Waals surface area contributed by atoms with Crippen molar-refractivity contribution in [3.8, 4) is 6.07 Å². The minimum absolute atomic E-state index is 0.396. The zero-order valence-corrected chi connectivity index (χ0v) is 7.33. The molecule has 0 saturated carbocycles. The first kappa shape index (κ1) is 8.21. The Morgan fingerprint density at radius 1 is 1.54 bits per heavy atom. The molecule has 3 nitrogen and oxygen atoms in total. The van der Waals surface area contributed by atoms with E-state index < -0.39 is 0 Å². The predicted molar refractivity (Wildman–Crippen MR) is 48.9 cm³/mol. The van der Waals surface area contributed by atoms with Gasteiger partial charge in [-0.3, -0.25) is 4.98 Å². The molecule has 0 spiro atoms. The third kappa shape index (κ3) is 1.68. The molecule has 0 unspecified atom stereocenters. The van der Waals surface area contributed by atoms with Crippen molar-refractivity contribution in [1.82, 2.24) is 10.3 Å². The van der Waals surface area contributed by atoms with Crippen LogP contribution in [0.1, 0.15) is 30.1 Å². The topological polar surface area (TPSA) is 48.7 Å². The highest BCUT2D eigenvalue weighted by Crippen LogP contribution is 2.20. The summed E-state index contributed by atoms with van der Waals surface area (Å²) in [4.78, 5) is 4.25. The van der Waals surface area contributed by atoms with Crippen LogP contribution in [0.5, 0.6) is 0 Å². The number of aromatic nitrogens is 1. The van der Waals surface area contributed by atoms with Gasteiger partial charge in [-0.15, -0.1) is 0 Å². The summed E-state index contributed by atoms with van der Waals surface area (Å²) in [5.41, 5.74) is 1.68. The minimum atomic E-state index is 0.396. The van der Waals surface area contributed by atoms with Crippen molar-refractivity contribution in [1.29, 1.82) is 5.26 Å². The average molecular weight is 173 g/mol. The largest absolute Gasteiger partial charge is 0.309 e. The first-order valence-electron chi connectivity index (χ1n) is 4.49. The van der Waals surface area contributed by atoms with Crippen LogP contribution in [0, 0.1) is 11.3 Å². The van der Waals surface area contributed by atoms with Gasteiger partial charge in [0.15, 0.2) is 0 Å². The zero-order valence-electron chi connectivity index (χ0n) is 7.33. The number of hydrogen-bond acceptors (Lipinski definition) is 3. The number of hydrogen-bond donors (Lipinski definition) is 1. The van der Waals surface area contributed by atoms with Gasteiger partial charge >= 0.3 is 0 Å². The Hall–Kier alpha value is -1.40. The standard InChI is InChI=1S/C10H11N3/c11-6-8-3-4-10(13-7-8)9-2-1-5-12-9/h3-4,7,9,12H,1-2,5H2/t9-/m1/s1. The number of rotatable bonds is 1. The second-order valence-corrected chi connectivity index (χ2v) is 3.23. The molecule has 1 fully saturated rings. The summed E-state index contributed by atoms with van der Waals surface area (Å²) >= 11 is 0. The van der Waals surface area contributed by atoms with Crippen LogP contribution in [-0.2, 0) is 0 Å². The van der Waals surface area contributed by atoms with Crippen molar-refractivity contribution in [3.63, 3.8) is 0 Å². The van der Waals surface area contributed by atoms with Crippen molar-refractivity contribution in [2.75, 3.05) is 6.54 Å². The monoisotopic (exact) mass is 173 g/mol. The fourth-order valence-corrected chi connectivity index (χ4v) is 1.61. The lowest BCUT2D eigenvalue weighted by atomic mass is 10.1. The van der Waals surface area contributed by atoms with Gasteiger partial charge in [0, 0.05) is 12.2 Å². The molecular weight excluding hydrogens is 162 g/mol. The van der Waals surface area contributed by atoms with Gasteiger partial charge in [-0.2, -0.15) is 5.26 Å². The molecule has 0 radical (unpaired) electrons. The smallest absolute Gasteiger partial charge is 0.101 e. The highest BCUT2D eigenvalue weighted by atomic mass is 15.0. The van der Waals surface area contributed by atoms with E-state index >= 15 is 0 Å². The summed E-state index contributed by atoms with van der Waals surface area (Å²) in [5, 5.41) is 12.0. The Kier molecular flexibility index (Phi) is 2.24. The molecule has 1 aliphatic heterocycles. The van der Waals surface area contributed by atoms with E-state index in [1.165, 1.54) is 6.42 Å². The van der Waals surface area contributed by atoms with Crippen molar-refractivity contribution in [3.05, 3.63) is 29.6 Å². The van der Waals surface area contributed by atoms with Crippen molar-refractivity contribution in [2.24, 2.45) is 0 Å². The number of nitrogens with zero attached hydrogens (tertiary/aromatic N) is 2. The fraction of sp³-hybridized carbons (Fsp3) is 0.400. The average Bonchev–Trinajstić information content (AvgIpc) is 2.71. The summed E-state index contributed by atoms with van der Waals surface area (Å²) in [6.07, 6.45) is 4.00. The molecule has 13 heavy (non-hydrogen) atoms. The van der Waals surface area contributed by atoms with Crippen LogP contribution in [0.4, 0.5) is 0 Å².